The Hall–Kier alpha value is -1.09. The largest absolute Gasteiger partial charge is 0.328 e. The van der Waals surface area contributed by atoms with Crippen molar-refractivity contribution in [1.29, 1.82) is 0 Å². The number of rotatable bonds is 2. The Morgan fingerprint density at radius 2 is 2.13 bits per heavy atom. The first-order valence-corrected chi connectivity index (χ1v) is 5.75. The van der Waals surface area contributed by atoms with Crippen LogP contribution in [0.4, 0.5) is 0 Å². The van der Waals surface area contributed by atoms with Gasteiger partial charge in [-0.1, -0.05) is 28.1 Å². The molecular weight excluding hydrogens is 252 g/mol. The van der Waals surface area contributed by atoms with Crippen LogP contribution in [-0.4, -0.2) is 9.55 Å². The molecule has 2 nitrogen and oxygen atoms in total. The molecule has 2 aromatic rings. The van der Waals surface area contributed by atoms with Gasteiger partial charge in [0.05, 0.1) is 18.2 Å². The van der Waals surface area contributed by atoms with Crippen LogP contribution < -0.4 is 0 Å². The lowest BCUT2D eigenvalue weighted by atomic mass is 10.1. The van der Waals surface area contributed by atoms with Crippen LogP contribution in [0.1, 0.15) is 19.9 Å². The molecule has 0 fully saturated rings. The van der Waals surface area contributed by atoms with Crippen LogP contribution in [0.2, 0.25) is 0 Å². The van der Waals surface area contributed by atoms with Crippen molar-refractivity contribution in [3.8, 4) is 11.3 Å². The number of aromatic nitrogens is 2. The van der Waals surface area contributed by atoms with Crippen LogP contribution in [0, 0.1) is 0 Å². The maximum absolute atomic E-state index is 4.20. The van der Waals surface area contributed by atoms with E-state index in [4.69, 9.17) is 0 Å². The number of hydrogen-bond acceptors (Lipinski definition) is 1. The van der Waals surface area contributed by atoms with Crippen molar-refractivity contribution >= 4 is 15.9 Å². The third-order valence-electron chi connectivity index (χ3n) is 2.34. The van der Waals surface area contributed by atoms with Crippen molar-refractivity contribution < 1.29 is 0 Å². The Kier molecular flexibility index (Phi) is 2.91. The van der Waals surface area contributed by atoms with E-state index in [9.17, 15) is 0 Å². The minimum absolute atomic E-state index is 0.432. The smallest absolute Gasteiger partial charge is 0.0953 e. The van der Waals surface area contributed by atoms with E-state index < -0.39 is 0 Å². The molecule has 1 aromatic heterocycles. The van der Waals surface area contributed by atoms with E-state index in [-0.39, 0.29) is 0 Å². The van der Waals surface area contributed by atoms with Gasteiger partial charge >= 0.3 is 0 Å². The Balaban J connectivity index is 2.49. The van der Waals surface area contributed by atoms with Gasteiger partial charge < -0.3 is 4.57 Å². The van der Waals surface area contributed by atoms with Crippen molar-refractivity contribution in [2.75, 3.05) is 0 Å². The molecule has 0 amide bonds. The summed E-state index contributed by atoms with van der Waals surface area (Å²) >= 11 is 3.48. The van der Waals surface area contributed by atoms with E-state index in [1.54, 1.807) is 0 Å². The predicted octanol–water partition coefficient (Wildman–Crippen LogP) is 3.89. The van der Waals surface area contributed by atoms with Gasteiger partial charge in [0.2, 0.25) is 0 Å². The molecular formula is C12H13BrN2. The molecule has 0 aliphatic heterocycles. The molecule has 0 aliphatic rings. The lowest BCUT2D eigenvalue weighted by molar-refractivity contribution is 0.605. The molecule has 0 radical (unpaired) electrons. The Morgan fingerprint density at radius 3 is 2.80 bits per heavy atom. The van der Waals surface area contributed by atoms with E-state index >= 15 is 0 Å². The lowest BCUT2D eigenvalue weighted by Crippen LogP contribution is -2.00. The monoisotopic (exact) mass is 264 g/mol. The molecule has 0 aliphatic carbocycles. The van der Waals surface area contributed by atoms with Crippen molar-refractivity contribution in [1.82, 2.24) is 9.55 Å². The normalized spacial score (nSPS) is 10.9. The molecule has 1 aromatic carbocycles. The molecule has 0 unspecified atom stereocenters. The van der Waals surface area contributed by atoms with E-state index in [2.05, 4.69) is 51.5 Å². The van der Waals surface area contributed by atoms with Crippen LogP contribution in [0.25, 0.3) is 11.3 Å². The van der Waals surface area contributed by atoms with E-state index in [0.29, 0.717) is 6.04 Å². The first kappa shape index (κ1) is 10.4. The SMILES string of the molecule is CC(C)n1cncc1-c1cccc(Br)c1. The Bertz CT molecular complexity index is 460. The minimum atomic E-state index is 0.432. The van der Waals surface area contributed by atoms with Crippen molar-refractivity contribution in [3.05, 3.63) is 41.3 Å². The lowest BCUT2D eigenvalue weighted by Gasteiger charge is -2.11. The summed E-state index contributed by atoms with van der Waals surface area (Å²) < 4.78 is 3.26. The minimum Gasteiger partial charge on any atom is -0.328 e. The number of nitrogens with zero attached hydrogens (tertiary/aromatic N) is 2. The molecule has 0 atom stereocenters. The second kappa shape index (κ2) is 4.19. The second-order valence-corrected chi connectivity index (χ2v) is 4.71. The molecule has 0 saturated heterocycles. The van der Waals surface area contributed by atoms with Gasteiger partial charge in [-0.15, -0.1) is 0 Å². The molecule has 15 heavy (non-hydrogen) atoms. The van der Waals surface area contributed by atoms with E-state index in [0.717, 1.165) is 10.2 Å². The third kappa shape index (κ3) is 2.12. The van der Waals surface area contributed by atoms with Gasteiger partial charge in [0, 0.05) is 16.1 Å². The van der Waals surface area contributed by atoms with Crippen LogP contribution in [-0.2, 0) is 0 Å². The maximum Gasteiger partial charge on any atom is 0.0953 e. The molecule has 0 bridgehead atoms. The molecule has 2 rings (SSSR count). The summed E-state index contributed by atoms with van der Waals surface area (Å²) in [5.74, 6) is 0. The van der Waals surface area contributed by atoms with E-state index in [1.807, 2.05) is 24.7 Å². The standard InChI is InChI=1S/C12H13BrN2/c1-9(2)15-8-14-7-12(15)10-4-3-5-11(13)6-10/h3-9H,1-2H3. The molecule has 1 heterocycles. The first-order valence-electron chi connectivity index (χ1n) is 4.96. The van der Waals surface area contributed by atoms with Gasteiger partial charge in [-0.2, -0.15) is 0 Å². The average Bonchev–Trinajstić information content (AvgIpc) is 2.65. The topological polar surface area (TPSA) is 17.8 Å². The predicted molar refractivity (Wildman–Crippen MR) is 65.7 cm³/mol. The average molecular weight is 265 g/mol. The third-order valence-corrected chi connectivity index (χ3v) is 2.84. The maximum atomic E-state index is 4.20. The fraction of sp³-hybridized carbons (Fsp3) is 0.250. The number of hydrogen-bond donors (Lipinski definition) is 0. The van der Waals surface area contributed by atoms with Gasteiger partial charge in [-0.3, -0.25) is 0 Å². The summed E-state index contributed by atoms with van der Waals surface area (Å²) in [4.78, 5) is 4.20. The summed E-state index contributed by atoms with van der Waals surface area (Å²) in [5.41, 5.74) is 2.35. The number of halogens is 1. The highest BCUT2D eigenvalue weighted by Crippen LogP contribution is 2.24. The molecule has 3 heteroatoms. The fourth-order valence-electron chi connectivity index (χ4n) is 1.59. The van der Waals surface area contributed by atoms with Gasteiger partial charge in [0.25, 0.3) is 0 Å². The summed E-state index contributed by atoms with van der Waals surface area (Å²) in [6.07, 6.45) is 3.78. The van der Waals surface area contributed by atoms with Gasteiger partial charge in [0.1, 0.15) is 0 Å². The highest BCUT2D eigenvalue weighted by molar-refractivity contribution is 9.10. The van der Waals surface area contributed by atoms with Crippen LogP contribution >= 0.6 is 15.9 Å². The van der Waals surface area contributed by atoms with Crippen LogP contribution in [0.3, 0.4) is 0 Å². The highest BCUT2D eigenvalue weighted by Gasteiger charge is 2.07. The molecule has 78 valence electrons. The van der Waals surface area contributed by atoms with E-state index in [1.165, 1.54) is 5.56 Å². The zero-order valence-electron chi connectivity index (χ0n) is 8.81. The molecule has 0 N–H and O–H groups in total. The van der Waals surface area contributed by atoms with Gasteiger partial charge in [0.15, 0.2) is 0 Å². The Labute approximate surface area is 98.1 Å². The van der Waals surface area contributed by atoms with Crippen molar-refractivity contribution in [2.45, 2.75) is 19.9 Å². The highest BCUT2D eigenvalue weighted by atomic mass is 79.9. The van der Waals surface area contributed by atoms with Gasteiger partial charge in [-0.25, -0.2) is 4.98 Å². The Morgan fingerprint density at radius 1 is 1.33 bits per heavy atom. The van der Waals surface area contributed by atoms with Gasteiger partial charge in [-0.05, 0) is 26.0 Å². The summed E-state index contributed by atoms with van der Waals surface area (Å²) in [5, 5.41) is 0. The fourth-order valence-corrected chi connectivity index (χ4v) is 1.99. The quantitative estimate of drug-likeness (QED) is 0.805. The van der Waals surface area contributed by atoms with Crippen molar-refractivity contribution in [3.63, 3.8) is 0 Å². The first-order chi connectivity index (χ1) is 7.18. The molecule has 0 spiro atoms. The number of benzene rings is 1. The zero-order valence-corrected chi connectivity index (χ0v) is 10.4. The van der Waals surface area contributed by atoms with Crippen LogP contribution in [0.5, 0.6) is 0 Å². The summed E-state index contributed by atoms with van der Waals surface area (Å²) in [6, 6.07) is 8.70. The molecule has 0 saturated carbocycles. The number of imidazole rings is 1. The summed E-state index contributed by atoms with van der Waals surface area (Å²) in [7, 11) is 0. The summed E-state index contributed by atoms with van der Waals surface area (Å²) in [6.45, 7) is 4.31. The zero-order chi connectivity index (χ0) is 10.8. The second-order valence-electron chi connectivity index (χ2n) is 3.79. The van der Waals surface area contributed by atoms with Crippen LogP contribution in [0.15, 0.2) is 41.3 Å². The van der Waals surface area contributed by atoms with Crippen molar-refractivity contribution in [2.24, 2.45) is 0 Å².